The molecule has 0 amide bonds. The van der Waals surface area contributed by atoms with Gasteiger partial charge in [0.15, 0.2) is 5.25 Å². The predicted molar refractivity (Wildman–Crippen MR) is 152 cm³/mol. The molecular formula is C29H34N3O4PS. The summed E-state index contributed by atoms with van der Waals surface area (Å²) in [4.78, 5) is 4.65. The first-order valence-electron chi connectivity index (χ1n) is 12.7. The molecule has 0 aliphatic heterocycles. The van der Waals surface area contributed by atoms with Crippen LogP contribution >= 0.6 is 7.60 Å². The molecule has 0 bridgehead atoms. The first-order chi connectivity index (χ1) is 18.4. The number of nitrogens with zero attached hydrogens (tertiary/aromatic N) is 3. The molecule has 0 spiro atoms. The predicted octanol–water partition coefficient (Wildman–Crippen LogP) is 6.19. The van der Waals surface area contributed by atoms with Crippen molar-refractivity contribution in [2.45, 2.75) is 31.1 Å². The highest BCUT2D eigenvalue weighted by atomic mass is 32.2. The van der Waals surface area contributed by atoms with Crippen LogP contribution < -0.4 is 0 Å². The lowest BCUT2D eigenvalue weighted by molar-refractivity contribution is 0.209. The minimum absolute atomic E-state index is 0.130. The first-order valence-corrected chi connectivity index (χ1v) is 16.1. The number of hydrogen-bond acceptors (Lipinski definition) is 6. The van der Waals surface area contributed by atoms with Crippen LogP contribution in [0, 0.1) is 0 Å². The van der Waals surface area contributed by atoms with E-state index in [-0.39, 0.29) is 12.8 Å². The van der Waals surface area contributed by atoms with Crippen LogP contribution in [0.15, 0.2) is 97.3 Å². The summed E-state index contributed by atoms with van der Waals surface area (Å²) in [6, 6.07) is 30.6. The lowest BCUT2D eigenvalue weighted by atomic mass is 9.77. The highest BCUT2D eigenvalue weighted by molar-refractivity contribution is 7.90. The Bertz CT molecular complexity index is 1220. The van der Waals surface area contributed by atoms with E-state index in [1.54, 1.807) is 26.4 Å². The molecule has 3 unspecified atom stereocenters. The molecule has 9 heteroatoms. The average Bonchev–Trinajstić information content (AvgIpc) is 3.43. The fraction of sp³-hybridized carbons (Fsp3) is 0.310. The zero-order valence-corrected chi connectivity index (χ0v) is 23.7. The molecule has 3 atom stereocenters. The zero-order valence-electron chi connectivity index (χ0n) is 22.0. The molecule has 1 aromatic heterocycles. The molecule has 0 aliphatic carbocycles. The van der Waals surface area contributed by atoms with E-state index in [4.69, 9.17) is 14.1 Å². The van der Waals surface area contributed by atoms with Gasteiger partial charge in [-0.25, -0.2) is 9.67 Å². The Morgan fingerprint density at radius 3 is 1.82 bits per heavy atom. The van der Waals surface area contributed by atoms with Gasteiger partial charge >= 0.3 is 7.60 Å². The van der Waals surface area contributed by atoms with E-state index in [9.17, 15) is 9.12 Å². The normalized spacial score (nSPS) is 15.1. The minimum atomic E-state index is -3.16. The van der Waals surface area contributed by atoms with Crippen molar-refractivity contribution in [3.8, 4) is 0 Å². The fourth-order valence-corrected chi connectivity index (χ4v) is 6.73. The monoisotopic (exact) mass is 551 g/mol. The van der Waals surface area contributed by atoms with Gasteiger partial charge in [-0.1, -0.05) is 97.9 Å². The van der Waals surface area contributed by atoms with Gasteiger partial charge in [-0.15, -0.1) is 5.10 Å². The summed E-state index contributed by atoms with van der Waals surface area (Å²) in [6.07, 6.45) is 3.97. The van der Waals surface area contributed by atoms with Crippen LogP contribution in [0.2, 0.25) is 0 Å². The van der Waals surface area contributed by atoms with Crippen molar-refractivity contribution in [3.05, 3.63) is 120 Å². The smallest absolute Gasteiger partial charge is 0.330 e. The van der Waals surface area contributed by atoms with Crippen molar-refractivity contribution in [1.82, 2.24) is 14.8 Å². The second-order valence-electron chi connectivity index (χ2n) is 8.81. The van der Waals surface area contributed by atoms with E-state index in [1.165, 1.54) is 0 Å². The lowest BCUT2D eigenvalue weighted by Crippen LogP contribution is -2.38. The maximum absolute atomic E-state index is 12.8. The quantitative estimate of drug-likeness (QED) is 0.112. The molecule has 200 valence electrons. The Hall–Kier alpha value is -2.74. The van der Waals surface area contributed by atoms with Crippen molar-refractivity contribution < 1.29 is 18.2 Å². The molecule has 0 saturated heterocycles. The maximum Gasteiger partial charge on any atom is 0.330 e. The van der Waals surface area contributed by atoms with Crippen LogP contribution in [0.1, 0.15) is 48.0 Å². The lowest BCUT2D eigenvalue weighted by Gasteiger charge is -2.35. The molecule has 7 nitrogen and oxygen atoms in total. The molecule has 0 radical (unpaired) electrons. The second kappa shape index (κ2) is 12.9. The van der Waals surface area contributed by atoms with Gasteiger partial charge < -0.3 is 13.6 Å². The first kappa shape index (κ1) is 28.3. The molecule has 38 heavy (non-hydrogen) atoms. The van der Waals surface area contributed by atoms with Gasteiger partial charge in [-0.05, 0) is 34.8 Å². The standard InChI is InChI=1S/C29H34N3O4PS/c1-4-35-37(33,5-2)36-22-21-27(38(3)34)28-30-23-32(31-28)29(24-15-9-6-10-16-24,25-17-11-7-12-18-25)26-19-13-8-14-20-26/h6-20,23,27H,4-5,21-22H2,1-3H3. The molecule has 4 aromatic rings. The van der Waals surface area contributed by atoms with Crippen LogP contribution in [-0.2, 0) is 30.3 Å². The Balaban J connectivity index is 1.78. The van der Waals surface area contributed by atoms with E-state index in [2.05, 4.69) is 41.4 Å². The van der Waals surface area contributed by atoms with Gasteiger partial charge in [0, 0.05) is 12.6 Å². The molecule has 4 rings (SSSR count). The maximum atomic E-state index is 12.8. The summed E-state index contributed by atoms with van der Waals surface area (Å²) in [6.45, 7) is 3.99. The second-order valence-corrected chi connectivity index (χ2v) is 12.7. The summed E-state index contributed by atoms with van der Waals surface area (Å²) in [5, 5.41) is 4.46. The molecule has 0 aliphatic rings. The largest absolute Gasteiger partial charge is 0.616 e. The minimum Gasteiger partial charge on any atom is -0.616 e. The third kappa shape index (κ3) is 5.95. The van der Waals surface area contributed by atoms with E-state index in [1.807, 2.05) is 59.3 Å². The third-order valence-corrected chi connectivity index (χ3v) is 9.75. The van der Waals surface area contributed by atoms with E-state index < -0.39 is 29.6 Å². The average molecular weight is 552 g/mol. The van der Waals surface area contributed by atoms with E-state index in [0.29, 0.717) is 18.9 Å². The zero-order chi connectivity index (χ0) is 27.0. The Kier molecular flexibility index (Phi) is 9.58. The topological polar surface area (TPSA) is 89.3 Å². The molecule has 0 saturated carbocycles. The number of hydrogen-bond donors (Lipinski definition) is 0. The highest BCUT2D eigenvalue weighted by Crippen LogP contribution is 2.48. The van der Waals surface area contributed by atoms with Gasteiger partial charge in [0.2, 0.25) is 5.82 Å². The molecule has 3 aromatic carbocycles. The summed E-state index contributed by atoms with van der Waals surface area (Å²) in [5.41, 5.74) is 2.25. The van der Waals surface area contributed by atoms with Gasteiger partial charge in [0.05, 0.1) is 19.5 Å². The van der Waals surface area contributed by atoms with Crippen LogP contribution in [0.25, 0.3) is 0 Å². The van der Waals surface area contributed by atoms with E-state index >= 15 is 0 Å². The number of rotatable bonds is 13. The Morgan fingerprint density at radius 2 is 1.39 bits per heavy atom. The Labute approximate surface area is 227 Å². The van der Waals surface area contributed by atoms with Gasteiger partial charge in [0.1, 0.15) is 11.9 Å². The van der Waals surface area contributed by atoms with Gasteiger partial charge in [-0.3, -0.25) is 4.57 Å². The SMILES string of the molecule is CCOP(=O)(CC)OCCC(c1ncn(C(c2ccccc2)(c2ccccc2)c2ccccc2)n1)[S+](C)[O-]. The molecular weight excluding hydrogens is 517 g/mol. The van der Waals surface area contributed by atoms with Crippen molar-refractivity contribution in [3.63, 3.8) is 0 Å². The molecule has 0 N–H and O–H groups in total. The number of aromatic nitrogens is 3. The molecule has 1 heterocycles. The summed E-state index contributed by atoms with van der Waals surface area (Å²) >= 11 is -1.28. The third-order valence-electron chi connectivity index (χ3n) is 6.50. The molecule has 0 fully saturated rings. The van der Waals surface area contributed by atoms with Crippen molar-refractivity contribution >= 4 is 18.8 Å². The van der Waals surface area contributed by atoms with Crippen molar-refractivity contribution in [1.29, 1.82) is 0 Å². The number of benzene rings is 3. The van der Waals surface area contributed by atoms with Crippen LogP contribution in [0.3, 0.4) is 0 Å². The van der Waals surface area contributed by atoms with Gasteiger partial charge in [-0.2, -0.15) is 0 Å². The van der Waals surface area contributed by atoms with Crippen LogP contribution in [0.5, 0.6) is 0 Å². The highest BCUT2D eigenvalue weighted by Gasteiger charge is 2.40. The van der Waals surface area contributed by atoms with Crippen molar-refractivity contribution in [2.75, 3.05) is 25.6 Å². The fourth-order valence-electron chi connectivity index (χ4n) is 4.68. The van der Waals surface area contributed by atoms with Crippen molar-refractivity contribution in [2.24, 2.45) is 0 Å². The summed E-state index contributed by atoms with van der Waals surface area (Å²) < 4.78 is 38.4. The van der Waals surface area contributed by atoms with Crippen LogP contribution in [-0.4, -0.2) is 44.9 Å². The van der Waals surface area contributed by atoms with Gasteiger partial charge in [0.25, 0.3) is 0 Å². The Morgan fingerprint density at radius 1 is 0.895 bits per heavy atom. The summed E-state index contributed by atoms with van der Waals surface area (Å²) in [5.74, 6) is 0.448. The van der Waals surface area contributed by atoms with E-state index in [0.717, 1.165) is 16.7 Å². The summed E-state index contributed by atoms with van der Waals surface area (Å²) in [7, 11) is -3.16. The van der Waals surface area contributed by atoms with Crippen LogP contribution in [0.4, 0.5) is 0 Å².